The standard InChI is InChI=1S/C18H21N5O2/c1-21-9-2-4-15(21)16(24)17(25)23-11-13-5-6-14(23)12-22(10-13)18-19-7-3-8-20-18/h2-4,7-9,13-14H,5-6,10-12H2,1H3/t13-,14+/m0/s1. The molecule has 2 bridgehead atoms. The Bertz CT molecular complexity index is 788. The van der Waals surface area contributed by atoms with Gasteiger partial charge >= 0.3 is 0 Å². The van der Waals surface area contributed by atoms with Crippen LogP contribution < -0.4 is 4.90 Å². The summed E-state index contributed by atoms with van der Waals surface area (Å²) >= 11 is 0. The monoisotopic (exact) mass is 339 g/mol. The summed E-state index contributed by atoms with van der Waals surface area (Å²) in [6.07, 6.45) is 7.23. The Morgan fingerprint density at radius 1 is 1.08 bits per heavy atom. The minimum absolute atomic E-state index is 0.0271. The molecule has 0 saturated carbocycles. The van der Waals surface area contributed by atoms with Crippen molar-refractivity contribution in [3.63, 3.8) is 0 Å². The predicted octanol–water partition coefficient (Wildman–Crippen LogP) is 1.13. The molecule has 0 N–H and O–H groups in total. The van der Waals surface area contributed by atoms with Crippen LogP contribution in [-0.4, -0.2) is 56.8 Å². The molecular formula is C18H21N5O2. The molecule has 2 aromatic heterocycles. The lowest BCUT2D eigenvalue weighted by molar-refractivity contribution is -0.130. The Hall–Kier alpha value is -2.70. The van der Waals surface area contributed by atoms with E-state index in [9.17, 15) is 9.59 Å². The van der Waals surface area contributed by atoms with Gasteiger partial charge < -0.3 is 14.4 Å². The SMILES string of the molecule is Cn1cccc1C(=O)C(=O)N1C[C@H]2CC[C@@H]1CN(c1ncccn1)C2. The first-order chi connectivity index (χ1) is 12.1. The normalized spacial score (nSPS) is 22.8. The number of ketones is 1. The number of amides is 1. The molecule has 0 aromatic carbocycles. The summed E-state index contributed by atoms with van der Waals surface area (Å²) in [5.74, 6) is 0.213. The largest absolute Gasteiger partial charge is 0.348 e. The van der Waals surface area contributed by atoms with Gasteiger partial charge in [0.1, 0.15) is 0 Å². The first-order valence-corrected chi connectivity index (χ1v) is 8.62. The Balaban J connectivity index is 1.55. The summed E-state index contributed by atoms with van der Waals surface area (Å²) in [7, 11) is 1.78. The van der Waals surface area contributed by atoms with Crippen LogP contribution in [0.15, 0.2) is 36.8 Å². The topological polar surface area (TPSA) is 71.3 Å². The molecule has 3 fully saturated rings. The minimum Gasteiger partial charge on any atom is -0.348 e. The number of carbonyl (C=O) groups excluding carboxylic acids is 2. The predicted molar refractivity (Wildman–Crippen MR) is 92.2 cm³/mol. The molecule has 2 aromatic rings. The zero-order chi connectivity index (χ0) is 17.4. The van der Waals surface area contributed by atoms with E-state index in [0.717, 1.165) is 19.4 Å². The van der Waals surface area contributed by atoms with Crippen molar-refractivity contribution in [1.82, 2.24) is 19.4 Å². The third-order valence-electron chi connectivity index (χ3n) is 5.18. The van der Waals surface area contributed by atoms with Crippen molar-refractivity contribution in [3.05, 3.63) is 42.5 Å². The number of Topliss-reactive ketones (excluding diaryl/α,β-unsaturated/α-hetero) is 1. The maximum Gasteiger partial charge on any atom is 0.296 e. The molecule has 3 aliphatic heterocycles. The number of hydrogen-bond acceptors (Lipinski definition) is 5. The minimum atomic E-state index is -0.428. The van der Waals surface area contributed by atoms with Crippen molar-refractivity contribution in [3.8, 4) is 0 Å². The van der Waals surface area contributed by atoms with Gasteiger partial charge in [0.2, 0.25) is 5.95 Å². The number of nitrogens with zero attached hydrogens (tertiary/aromatic N) is 5. The van der Waals surface area contributed by atoms with Gasteiger partial charge in [0.05, 0.1) is 5.69 Å². The van der Waals surface area contributed by atoms with E-state index < -0.39 is 11.7 Å². The van der Waals surface area contributed by atoms with E-state index in [1.54, 1.807) is 53.3 Å². The van der Waals surface area contributed by atoms with Gasteiger partial charge in [-0.1, -0.05) is 0 Å². The van der Waals surface area contributed by atoms with E-state index in [-0.39, 0.29) is 6.04 Å². The fraction of sp³-hybridized carbons (Fsp3) is 0.444. The van der Waals surface area contributed by atoms with E-state index in [0.29, 0.717) is 30.6 Å². The van der Waals surface area contributed by atoms with Gasteiger partial charge in [-0.25, -0.2) is 9.97 Å². The molecule has 0 unspecified atom stereocenters. The van der Waals surface area contributed by atoms with Crippen molar-refractivity contribution in [2.45, 2.75) is 18.9 Å². The van der Waals surface area contributed by atoms with E-state index >= 15 is 0 Å². The van der Waals surface area contributed by atoms with E-state index in [1.165, 1.54) is 0 Å². The van der Waals surface area contributed by atoms with Crippen molar-refractivity contribution >= 4 is 17.6 Å². The molecule has 25 heavy (non-hydrogen) atoms. The molecule has 0 spiro atoms. The van der Waals surface area contributed by atoms with Crippen LogP contribution in [0.25, 0.3) is 0 Å². The van der Waals surface area contributed by atoms with Crippen molar-refractivity contribution in [2.75, 3.05) is 24.5 Å². The lowest BCUT2D eigenvalue weighted by Crippen LogP contribution is -2.50. The van der Waals surface area contributed by atoms with Crippen molar-refractivity contribution in [2.24, 2.45) is 13.0 Å². The van der Waals surface area contributed by atoms with Crippen LogP contribution in [0.5, 0.6) is 0 Å². The molecular weight excluding hydrogens is 318 g/mol. The average molecular weight is 339 g/mol. The lowest BCUT2D eigenvalue weighted by atomic mass is 9.94. The molecule has 7 nitrogen and oxygen atoms in total. The number of aromatic nitrogens is 3. The molecule has 0 aliphatic carbocycles. The van der Waals surface area contributed by atoms with E-state index in [4.69, 9.17) is 0 Å². The molecule has 3 saturated heterocycles. The molecule has 5 rings (SSSR count). The van der Waals surface area contributed by atoms with Crippen molar-refractivity contribution in [1.29, 1.82) is 0 Å². The van der Waals surface area contributed by atoms with Crippen LogP contribution in [0.2, 0.25) is 0 Å². The van der Waals surface area contributed by atoms with Gasteiger partial charge in [-0.3, -0.25) is 9.59 Å². The maximum absolute atomic E-state index is 12.8. The van der Waals surface area contributed by atoms with Crippen LogP contribution in [0.3, 0.4) is 0 Å². The molecule has 5 heterocycles. The van der Waals surface area contributed by atoms with Crippen LogP contribution in [0.4, 0.5) is 5.95 Å². The summed E-state index contributed by atoms with van der Waals surface area (Å²) < 4.78 is 1.69. The van der Waals surface area contributed by atoms with Gasteiger partial charge in [0.25, 0.3) is 11.7 Å². The first kappa shape index (κ1) is 15.8. The van der Waals surface area contributed by atoms with Gasteiger partial charge in [0, 0.05) is 51.3 Å². The van der Waals surface area contributed by atoms with Gasteiger partial charge in [-0.2, -0.15) is 0 Å². The first-order valence-electron chi connectivity index (χ1n) is 8.62. The highest BCUT2D eigenvalue weighted by Crippen LogP contribution is 2.30. The summed E-state index contributed by atoms with van der Waals surface area (Å²) in [5.41, 5.74) is 0.438. The van der Waals surface area contributed by atoms with Crippen LogP contribution in [0, 0.1) is 5.92 Å². The zero-order valence-corrected chi connectivity index (χ0v) is 14.2. The molecule has 1 amide bonds. The molecule has 0 radical (unpaired) electrons. The Morgan fingerprint density at radius 2 is 1.88 bits per heavy atom. The smallest absolute Gasteiger partial charge is 0.296 e. The number of carbonyl (C=O) groups is 2. The molecule has 130 valence electrons. The van der Waals surface area contributed by atoms with Gasteiger partial charge in [-0.05, 0) is 37.0 Å². The highest BCUT2D eigenvalue weighted by atomic mass is 16.2. The zero-order valence-electron chi connectivity index (χ0n) is 14.2. The summed E-state index contributed by atoms with van der Waals surface area (Å²) in [4.78, 5) is 38.1. The highest BCUT2D eigenvalue weighted by molar-refractivity contribution is 6.42. The van der Waals surface area contributed by atoms with Crippen LogP contribution in [0.1, 0.15) is 23.3 Å². The second kappa shape index (κ2) is 6.31. The maximum atomic E-state index is 12.8. The number of anilines is 1. The van der Waals surface area contributed by atoms with Crippen molar-refractivity contribution < 1.29 is 9.59 Å². The fourth-order valence-corrected chi connectivity index (χ4v) is 3.89. The molecule has 2 atom stereocenters. The second-order valence-electron chi connectivity index (χ2n) is 6.84. The number of hydrogen-bond donors (Lipinski definition) is 0. The summed E-state index contributed by atoms with van der Waals surface area (Å²) in [5, 5.41) is 0. The van der Waals surface area contributed by atoms with Crippen LogP contribution in [-0.2, 0) is 11.8 Å². The molecule has 7 heteroatoms. The van der Waals surface area contributed by atoms with E-state index in [1.807, 2.05) is 0 Å². The Morgan fingerprint density at radius 3 is 2.60 bits per heavy atom. The van der Waals surface area contributed by atoms with Gasteiger partial charge in [0.15, 0.2) is 0 Å². The number of fused-ring (bicyclic) bond motifs is 4. The number of aryl methyl sites for hydroxylation is 1. The summed E-state index contributed by atoms with van der Waals surface area (Å²) in [6.45, 7) is 2.12. The highest BCUT2D eigenvalue weighted by Gasteiger charge is 2.40. The van der Waals surface area contributed by atoms with E-state index in [2.05, 4.69) is 14.9 Å². The number of piperidine rings is 1. The quantitative estimate of drug-likeness (QED) is 0.619. The summed E-state index contributed by atoms with van der Waals surface area (Å²) in [6, 6.07) is 5.30. The lowest BCUT2D eigenvalue weighted by Gasteiger charge is -2.35. The second-order valence-corrected chi connectivity index (χ2v) is 6.84. The van der Waals surface area contributed by atoms with Crippen LogP contribution >= 0.6 is 0 Å². The number of rotatable bonds is 3. The third kappa shape index (κ3) is 2.90. The average Bonchev–Trinajstić information content (AvgIpc) is 2.87. The van der Waals surface area contributed by atoms with Gasteiger partial charge in [-0.15, -0.1) is 0 Å². The third-order valence-corrected chi connectivity index (χ3v) is 5.18. The Labute approximate surface area is 146 Å². The Kier molecular flexibility index (Phi) is 3.99. The fourth-order valence-electron chi connectivity index (χ4n) is 3.89. The molecule has 3 aliphatic rings.